The highest BCUT2D eigenvalue weighted by atomic mass is 16.5. The molecule has 3 amide bonds. The summed E-state index contributed by atoms with van der Waals surface area (Å²) in [6, 6.07) is 11.6. The van der Waals surface area contributed by atoms with Crippen molar-refractivity contribution in [3.05, 3.63) is 66.1 Å². The Morgan fingerprint density at radius 1 is 1.06 bits per heavy atom. The fourth-order valence-corrected chi connectivity index (χ4v) is 4.48. The number of amides is 3. The minimum absolute atomic E-state index is 0.250. The van der Waals surface area contributed by atoms with Gasteiger partial charge in [0.25, 0.3) is 0 Å². The van der Waals surface area contributed by atoms with Gasteiger partial charge in [0.1, 0.15) is 5.65 Å². The Labute approximate surface area is 192 Å². The van der Waals surface area contributed by atoms with Crippen LogP contribution in [-0.2, 0) is 16.1 Å². The smallest absolute Gasteiger partial charge is 0.319 e. The van der Waals surface area contributed by atoms with Crippen LogP contribution in [0.4, 0.5) is 10.5 Å². The number of imidazole rings is 1. The van der Waals surface area contributed by atoms with E-state index in [9.17, 15) is 9.59 Å². The van der Waals surface area contributed by atoms with Gasteiger partial charge in [-0.2, -0.15) is 0 Å². The van der Waals surface area contributed by atoms with Crippen molar-refractivity contribution in [3.63, 3.8) is 0 Å². The molecular formula is C25H29N5O3. The van der Waals surface area contributed by atoms with Gasteiger partial charge in [-0.25, -0.2) is 9.78 Å². The number of anilines is 1. The molecule has 0 atom stereocenters. The van der Waals surface area contributed by atoms with E-state index in [0.717, 1.165) is 56.0 Å². The van der Waals surface area contributed by atoms with Gasteiger partial charge >= 0.3 is 6.03 Å². The molecule has 0 saturated carbocycles. The Bertz CT molecular complexity index is 1110. The largest absolute Gasteiger partial charge is 0.381 e. The van der Waals surface area contributed by atoms with E-state index in [1.807, 2.05) is 58.1 Å². The van der Waals surface area contributed by atoms with Crippen molar-refractivity contribution >= 4 is 23.3 Å². The van der Waals surface area contributed by atoms with Gasteiger partial charge in [-0.15, -0.1) is 0 Å². The number of aromatic nitrogens is 2. The molecule has 4 heterocycles. The molecule has 0 bridgehead atoms. The summed E-state index contributed by atoms with van der Waals surface area (Å²) in [6.45, 7) is 3.53. The summed E-state index contributed by atoms with van der Waals surface area (Å²) >= 11 is 0. The Morgan fingerprint density at radius 3 is 2.64 bits per heavy atom. The van der Waals surface area contributed by atoms with Crippen molar-refractivity contribution in [2.45, 2.75) is 31.7 Å². The van der Waals surface area contributed by atoms with Crippen molar-refractivity contribution in [3.8, 4) is 0 Å². The van der Waals surface area contributed by atoms with E-state index in [1.165, 1.54) is 5.56 Å². The van der Waals surface area contributed by atoms with Crippen LogP contribution in [0.5, 0.6) is 0 Å². The van der Waals surface area contributed by atoms with Crippen LogP contribution < -0.4 is 10.6 Å². The van der Waals surface area contributed by atoms with Crippen molar-refractivity contribution < 1.29 is 14.3 Å². The molecule has 0 spiro atoms. The number of hydrogen-bond acceptors (Lipinski definition) is 4. The summed E-state index contributed by atoms with van der Waals surface area (Å²) in [6.07, 6.45) is 8.18. The molecule has 2 N–H and O–H groups in total. The average molecular weight is 448 g/mol. The number of carbonyl (C=O) groups excluding carboxylic acids is 2. The molecule has 172 valence electrons. The van der Waals surface area contributed by atoms with Crippen LogP contribution in [-0.4, -0.2) is 52.5 Å². The number of benzene rings is 1. The normalized spacial score (nSPS) is 17.0. The zero-order valence-corrected chi connectivity index (χ0v) is 18.6. The summed E-state index contributed by atoms with van der Waals surface area (Å²) in [4.78, 5) is 31.0. The Hall–Kier alpha value is -3.39. The van der Waals surface area contributed by atoms with Crippen LogP contribution in [0.25, 0.3) is 5.65 Å². The monoisotopic (exact) mass is 447 g/mol. The first-order valence-electron chi connectivity index (χ1n) is 11.6. The van der Waals surface area contributed by atoms with Gasteiger partial charge in [0.05, 0.1) is 0 Å². The van der Waals surface area contributed by atoms with Gasteiger partial charge in [0, 0.05) is 69.5 Å². The molecule has 2 aliphatic heterocycles. The Balaban J connectivity index is 1.06. The second kappa shape index (κ2) is 9.62. The van der Waals surface area contributed by atoms with Crippen molar-refractivity contribution in [1.29, 1.82) is 0 Å². The Morgan fingerprint density at radius 2 is 1.85 bits per heavy atom. The molecular weight excluding hydrogens is 418 g/mol. The summed E-state index contributed by atoms with van der Waals surface area (Å²) in [7, 11) is 0. The maximum atomic E-state index is 12.5. The highest BCUT2D eigenvalue weighted by Gasteiger charge is 2.32. The minimum Gasteiger partial charge on any atom is -0.381 e. The first-order chi connectivity index (χ1) is 16.1. The third-order valence-electron chi connectivity index (χ3n) is 6.59. The van der Waals surface area contributed by atoms with Crippen LogP contribution in [0.3, 0.4) is 0 Å². The zero-order chi connectivity index (χ0) is 22.6. The van der Waals surface area contributed by atoms with E-state index < -0.39 is 0 Å². The Kier molecular flexibility index (Phi) is 6.26. The van der Waals surface area contributed by atoms with Gasteiger partial charge in [-0.3, -0.25) is 4.79 Å². The van der Waals surface area contributed by atoms with Crippen molar-refractivity contribution in [2.24, 2.45) is 5.92 Å². The van der Waals surface area contributed by atoms with Crippen LogP contribution in [0.1, 0.15) is 36.3 Å². The van der Waals surface area contributed by atoms with Crippen molar-refractivity contribution in [2.75, 3.05) is 31.6 Å². The number of pyridine rings is 1. The van der Waals surface area contributed by atoms with Gasteiger partial charge < -0.3 is 24.7 Å². The van der Waals surface area contributed by atoms with Crippen LogP contribution >= 0.6 is 0 Å². The second-order valence-corrected chi connectivity index (χ2v) is 8.91. The number of likely N-dealkylation sites (tertiary alicyclic amines) is 1. The van der Waals surface area contributed by atoms with E-state index in [1.54, 1.807) is 6.20 Å². The van der Waals surface area contributed by atoms with Gasteiger partial charge in [0.2, 0.25) is 5.91 Å². The molecule has 2 aromatic heterocycles. The van der Waals surface area contributed by atoms with Gasteiger partial charge in [0.15, 0.2) is 0 Å². The van der Waals surface area contributed by atoms with E-state index in [2.05, 4.69) is 15.6 Å². The third kappa shape index (κ3) is 5.17. The van der Waals surface area contributed by atoms with Crippen LogP contribution in [0.15, 0.2) is 55.0 Å². The lowest BCUT2D eigenvalue weighted by Crippen LogP contribution is -2.49. The molecule has 8 nitrogen and oxygen atoms in total. The van der Waals surface area contributed by atoms with Crippen LogP contribution in [0.2, 0.25) is 0 Å². The summed E-state index contributed by atoms with van der Waals surface area (Å²) < 4.78 is 7.30. The number of urea groups is 1. The second-order valence-electron chi connectivity index (χ2n) is 8.91. The fourth-order valence-electron chi connectivity index (χ4n) is 4.48. The quantitative estimate of drug-likeness (QED) is 0.606. The molecule has 1 aromatic carbocycles. The molecule has 0 radical (unpaired) electrons. The number of nitrogens with zero attached hydrogens (tertiary/aromatic N) is 3. The maximum absolute atomic E-state index is 12.5. The fraction of sp³-hybridized carbons (Fsp3) is 0.400. The van der Waals surface area contributed by atoms with E-state index in [4.69, 9.17) is 4.74 Å². The first-order valence-corrected chi connectivity index (χ1v) is 11.6. The molecule has 2 aliphatic rings. The van der Waals surface area contributed by atoms with E-state index in [-0.39, 0.29) is 11.9 Å². The van der Waals surface area contributed by atoms with Gasteiger partial charge in [-0.05, 0) is 54.2 Å². The number of hydrogen-bond donors (Lipinski definition) is 2. The lowest BCUT2D eigenvalue weighted by molar-refractivity contribution is -0.137. The van der Waals surface area contributed by atoms with Crippen LogP contribution in [0, 0.1) is 5.92 Å². The number of nitrogens with one attached hydrogen (secondary N) is 2. The SMILES string of the molecule is O=C(NCc1ccn2ccnc2c1)Nc1ccc(C2CN(C(=O)CC3CCOCC3)C2)cc1. The topological polar surface area (TPSA) is 88.0 Å². The first kappa shape index (κ1) is 21.5. The predicted octanol–water partition coefficient (Wildman–Crippen LogP) is 3.40. The number of rotatable bonds is 6. The van der Waals surface area contributed by atoms with Gasteiger partial charge in [-0.1, -0.05) is 12.1 Å². The molecule has 0 unspecified atom stereocenters. The van der Waals surface area contributed by atoms with E-state index in [0.29, 0.717) is 24.8 Å². The molecule has 2 fully saturated rings. The number of ether oxygens (including phenoxy) is 1. The molecule has 2 saturated heterocycles. The minimum atomic E-state index is -0.250. The highest BCUT2D eigenvalue weighted by molar-refractivity contribution is 5.89. The number of carbonyl (C=O) groups is 2. The van der Waals surface area contributed by atoms with Crippen molar-refractivity contribution in [1.82, 2.24) is 19.6 Å². The molecule has 5 rings (SSSR count). The summed E-state index contributed by atoms with van der Waals surface area (Å²) in [5, 5.41) is 5.75. The number of fused-ring (bicyclic) bond motifs is 1. The summed E-state index contributed by atoms with van der Waals surface area (Å²) in [5.41, 5.74) is 3.78. The average Bonchev–Trinajstić information content (AvgIpc) is 3.26. The highest BCUT2D eigenvalue weighted by Crippen LogP contribution is 2.30. The third-order valence-corrected chi connectivity index (χ3v) is 6.59. The zero-order valence-electron chi connectivity index (χ0n) is 18.6. The molecule has 3 aromatic rings. The molecule has 8 heteroatoms. The lowest BCUT2D eigenvalue weighted by atomic mass is 9.89. The summed E-state index contributed by atoms with van der Waals surface area (Å²) in [5.74, 6) is 1.10. The maximum Gasteiger partial charge on any atom is 0.319 e. The standard InChI is InChI=1S/C25H29N5O3/c31-24(14-18-6-11-33-12-7-18)30-16-21(17-30)20-1-3-22(4-2-20)28-25(32)27-15-19-5-9-29-10-8-26-23(29)13-19/h1-5,8-10,13,18,21H,6-7,11-12,14-17H2,(H2,27,28,32). The predicted molar refractivity (Wildman–Crippen MR) is 125 cm³/mol. The lowest BCUT2D eigenvalue weighted by Gasteiger charge is -2.40. The molecule has 0 aliphatic carbocycles. The van der Waals surface area contributed by atoms with E-state index >= 15 is 0 Å². The molecule has 33 heavy (non-hydrogen) atoms.